The van der Waals surface area contributed by atoms with Crippen molar-refractivity contribution < 1.29 is 76.8 Å². The molecule has 8 aromatic heterocycles. The fraction of sp³-hybridized carbons (Fsp3) is 0.157. The molecule has 7 aromatic carbocycles. The third kappa shape index (κ3) is 40.2. The molecular weight excluding hydrogens is 2030 g/mol. The van der Waals surface area contributed by atoms with Gasteiger partial charge in [-0.2, -0.15) is 69.1 Å². The number of nitrogen functional groups attached to an aromatic ring is 2. The second-order valence-electron chi connectivity index (χ2n) is 25.9. The molecule has 0 bridgehead atoms. The predicted molar refractivity (Wildman–Crippen MR) is 527 cm³/mol. The SMILES string of the molecule is C.CC(=O)CC#N.CCC(=CNc1cc(C)nn1-c1ccc(Cl)cc1)CC.CCc1cnc2c(c(C)nn2-c2ccc(Cl)cc2)c1Cl.Cc1cc(N)n(-c2ccc(Cl)cc2)n1.Cc1nn(-c2ccc(Cl)cc2)c2ncc(C(=O)Nc3ccc(Cl)cc3)c(Cl)c12.Cc1nn(-c2ccc(Cl)cc2)c2nccc(Cl)c12.NNc1ccc(Cl)cc1.O=C=O.O=C=O.O=C=O.O=C=O.O=P(Cl)(Cl)Cl.[Li+].[OH-]. The molecule has 135 heavy (non-hydrogen) atoms. The number of nitrogens with one attached hydrogen (secondary N) is 3. The number of aromatic nitrogens is 13. The van der Waals surface area contributed by atoms with Crippen molar-refractivity contribution in [1.82, 2.24) is 63.9 Å². The monoisotopic (exact) mass is 2100 g/mol. The van der Waals surface area contributed by atoms with Crippen LogP contribution in [0.1, 0.15) is 98.8 Å². The fourth-order valence-electron chi connectivity index (χ4n) is 11.0. The number of nitriles is 1. The van der Waals surface area contributed by atoms with E-state index in [4.69, 9.17) is 171 Å². The molecule has 0 saturated heterocycles. The first-order valence-corrected chi connectivity index (χ1v) is 46.0. The van der Waals surface area contributed by atoms with Gasteiger partial charge in [-0.3, -0.25) is 20.0 Å². The molecule has 46 heteroatoms. The summed E-state index contributed by atoms with van der Waals surface area (Å²) in [5.41, 5.74) is 23.3. The van der Waals surface area contributed by atoms with Crippen molar-refractivity contribution in [3.63, 3.8) is 0 Å². The number of rotatable bonds is 14. The van der Waals surface area contributed by atoms with Crippen LogP contribution in [0.3, 0.4) is 0 Å². The summed E-state index contributed by atoms with van der Waals surface area (Å²) in [5.74, 6) is 6.27. The molecule has 0 saturated carbocycles. The minimum absolute atomic E-state index is 0. The number of halogens is 13. The molecule has 15 aromatic rings. The molecule has 8 heterocycles. The van der Waals surface area contributed by atoms with Gasteiger partial charge in [0.15, 0.2) is 16.9 Å². The van der Waals surface area contributed by atoms with Gasteiger partial charge in [0.05, 0.1) is 106 Å². The number of hydrazine groups is 1. The Bertz CT molecular complexity index is 6520. The number of nitrogens with two attached hydrogens (primary N) is 2. The van der Waals surface area contributed by atoms with Crippen LogP contribution < -0.4 is 46.5 Å². The van der Waals surface area contributed by atoms with Crippen molar-refractivity contribution >= 4 is 247 Å². The maximum absolute atomic E-state index is 12.7. The zero-order valence-corrected chi connectivity index (χ0v) is 83.0. The smallest absolute Gasteiger partial charge is 0.870 e. The molecule has 15 rings (SSSR count). The molecule has 31 nitrogen and oxygen atoms in total. The van der Waals surface area contributed by atoms with Gasteiger partial charge in [-0.05, 0) is 276 Å². The second-order valence-corrected chi connectivity index (χ2v) is 36.8. The van der Waals surface area contributed by atoms with E-state index in [2.05, 4.69) is 117 Å². The summed E-state index contributed by atoms with van der Waals surface area (Å²) in [4.78, 5) is 101. The summed E-state index contributed by atoms with van der Waals surface area (Å²) >= 11 is 74.0. The molecule has 1 amide bonds. The van der Waals surface area contributed by atoms with Gasteiger partial charge < -0.3 is 27.3 Å². The third-order valence-electron chi connectivity index (χ3n) is 16.8. The number of ketones is 1. The first-order valence-electron chi connectivity index (χ1n) is 37.8. The third-order valence-corrected chi connectivity index (χ3v) is 19.7. The quantitative estimate of drug-likeness (QED) is 0.0292. The maximum Gasteiger partial charge on any atom is 1.00 e. The zero-order valence-electron chi connectivity index (χ0n) is 72.3. The Morgan fingerprint density at radius 2 is 0.778 bits per heavy atom. The van der Waals surface area contributed by atoms with Crippen LogP contribution in [-0.2, 0) is 54.1 Å². The number of pyridine rings is 3. The van der Waals surface area contributed by atoms with Crippen LogP contribution in [0.25, 0.3) is 61.5 Å². The molecular formula is C89H82Cl13LiN19O12P. The van der Waals surface area contributed by atoms with Crippen LogP contribution in [0.2, 0.25) is 50.2 Å². The number of benzene rings is 7. The Hall–Kier alpha value is -11.4. The number of hydrogen-bond acceptors (Lipinski definition) is 25. The molecule has 0 fully saturated rings. The molecule has 0 aliphatic heterocycles. The van der Waals surface area contributed by atoms with Crippen LogP contribution in [0.4, 0.5) is 23.0 Å². The van der Waals surface area contributed by atoms with Crippen molar-refractivity contribution in [2.75, 3.05) is 21.8 Å². The topological polar surface area (TPSA) is 457 Å². The zero-order chi connectivity index (χ0) is 98.5. The number of carbonyl (C=O) groups is 2. The van der Waals surface area contributed by atoms with Gasteiger partial charge in [-0.25, -0.2) is 38.4 Å². The first-order chi connectivity index (χ1) is 62.8. The van der Waals surface area contributed by atoms with E-state index in [9.17, 15) is 14.2 Å². The summed E-state index contributed by atoms with van der Waals surface area (Å²) in [7, 11) is 0. The Kier molecular flexibility index (Phi) is 56.8. The van der Waals surface area contributed by atoms with E-state index in [0.29, 0.717) is 68.4 Å². The van der Waals surface area contributed by atoms with Gasteiger partial charge in [0.1, 0.15) is 17.4 Å². The molecule has 0 spiro atoms. The van der Waals surface area contributed by atoms with E-state index < -0.39 is 5.20 Å². The van der Waals surface area contributed by atoms with Crippen LogP contribution in [0.5, 0.6) is 0 Å². The number of amides is 1. The largest absolute Gasteiger partial charge is 1.00 e. The minimum atomic E-state index is -3.22. The number of hydrogen-bond donors (Lipinski definition) is 5. The van der Waals surface area contributed by atoms with Crippen molar-refractivity contribution in [1.29, 1.82) is 5.26 Å². The van der Waals surface area contributed by atoms with Gasteiger partial charge in [0.25, 0.3) is 5.91 Å². The molecule has 0 aliphatic rings. The maximum atomic E-state index is 12.7. The summed E-state index contributed by atoms with van der Waals surface area (Å²) in [6, 6.07) is 58.6. The van der Waals surface area contributed by atoms with E-state index in [1.165, 1.54) is 18.7 Å². The van der Waals surface area contributed by atoms with Crippen LogP contribution in [0, 0.1) is 45.9 Å². The Morgan fingerprint density at radius 1 is 0.459 bits per heavy atom. The predicted octanol–water partition coefficient (Wildman–Crippen LogP) is 22.0. The number of anilines is 4. The van der Waals surface area contributed by atoms with Crippen LogP contribution in [0.15, 0.2) is 218 Å². The van der Waals surface area contributed by atoms with Gasteiger partial charge in [-0.1, -0.05) is 150 Å². The van der Waals surface area contributed by atoms with Crippen molar-refractivity contribution in [2.24, 2.45) is 5.84 Å². The standard InChI is InChI=1S/C20H13Cl3N4O.C16H20ClN3.C15H13Cl2N3.C13H9Cl2N3.C10H10ClN3.C6H7ClN2.C4H5NO.4CO2.CH4.Cl3OP.Li.H2O/c1-11-17-18(23)16(20(28)25-14-6-2-12(21)3-7-14)10-24-19(17)27(26-11)15-8-4-13(22)5-9-15;1-4-13(5-2)11-18-16-10-12(3)19-20(16)15-8-6-14(17)7-9-15;1-3-10-8-18-15-13(14(10)17)9(2)19-20(15)12-6-4-11(16)5-7-12;1-8-12-11(15)6-7-16-13(12)18(17-8)10-4-2-9(14)3-5-10;1-7-6-10(12)14(13-7)9-4-2-8(11)3-5-9;7-5-1-3-6(9-8)4-2-5;1-4(6)2-3-5;4*2-1-3;;1-5(2,3)4;;/h2-10H,1H3,(H,25,28);6-11,18H,4-5H2,1-3H3;4-8H,3H2,1-2H3;2-7H,1H3;2-6H,12H2,1H3;1-4,9H,8H2;2H2,1H3;;;;;1H4;;;1H2/q;;;;;;;;;;;;;+1;/p-1. The average molecular weight is 2110 g/mol. The first kappa shape index (κ1) is 122. The molecule has 0 unspecified atom stereocenters. The van der Waals surface area contributed by atoms with E-state index in [1.807, 2.05) is 179 Å². The van der Waals surface area contributed by atoms with Gasteiger partial charge in [0, 0.05) is 83.5 Å². The number of allylic oxidation sites excluding steroid dienone is 1. The number of carbonyl (C=O) groups excluding carboxylic acids is 10. The molecule has 702 valence electrons. The number of aryl methyl sites for hydroxylation is 6. The Morgan fingerprint density at radius 3 is 1.11 bits per heavy atom. The van der Waals surface area contributed by atoms with Crippen LogP contribution >= 0.6 is 155 Å². The fourth-order valence-corrected chi connectivity index (χ4v) is 12.9. The Balaban J connectivity index is 0.000000783. The van der Waals surface area contributed by atoms with Crippen molar-refractivity contribution in [3.8, 4) is 34.5 Å². The second kappa shape index (κ2) is 63.0. The van der Waals surface area contributed by atoms with Gasteiger partial charge in [-0.15, -0.1) is 0 Å². The van der Waals surface area contributed by atoms with Crippen molar-refractivity contribution in [3.05, 3.63) is 308 Å². The van der Waals surface area contributed by atoms with Gasteiger partial charge in [0.2, 0.25) is 0 Å². The average Bonchev–Trinajstić information content (AvgIpc) is 1.63. The Labute approximate surface area is 851 Å². The number of nitrogens with zero attached hydrogens (tertiary/aromatic N) is 14. The van der Waals surface area contributed by atoms with E-state index in [0.717, 1.165) is 120 Å². The summed E-state index contributed by atoms with van der Waals surface area (Å²) in [6.45, 7) is 17.4. The summed E-state index contributed by atoms with van der Waals surface area (Å²) in [5, 5.41) is 41.9. The van der Waals surface area contributed by atoms with E-state index >= 15 is 0 Å². The van der Waals surface area contributed by atoms with Crippen LogP contribution in [-0.4, -0.2) is 106 Å². The normalized spacial score (nSPS) is 9.61. The molecule has 8 N–H and O–H groups in total. The summed E-state index contributed by atoms with van der Waals surface area (Å²) in [6.07, 6.45) is 11.0. The molecule has 0 aliphatic carbocycles. The van der Waals surface area contributed by atoms with Crippen molar-refractivity contribution in [2.45, 2.75) is 95.4 Å². The van der Waals surface area contributed by atoms with E-state index in [1.54, 1.807) is 85.6 Å². The number of fused-ring (bicyclic) bond motifs is 3. The van der Waals surface area contributed by atoms with Gasteiger partial charge >= 0.3 is 48.7 Å². The number of Topliss-reactive ketones (excluding diaryl/α,β-unsaturated/α-hetero) is 1. The molecule has 0 atom stereocenters. The minimum Gasteiger partial charge on any atom is -0.870 e. The summed E-state index contributed by atoms with van der Waals surface area (Å²) < 4.78 is 18.3. The van der Waals surface area contributed by atoms with E-state index in [-0.39, 0.29) is 80.0 Å². The molecule has 0 radical (unpaired) electrons.